The van der Waals surface area contributed by atoms with Crippen LogP contribution in [0, 0.1) is 17.8 Å². The Morgan fingerprint density at radius 2 is 1.54 bits per heavy atom. The van der Waals surface area contributed by atoms with Gasteiger partial charge in [-0.25, -0.2) is 0 Å². The lowest BCUT2D eigenvalue weighted by Gasteiger charge is -2.48. The lowest BCUT2D eigenvalue weighted by molar-refractivity contribution is -0.317. The monoisotopic (exact) mass is 748 g/mol. The molecule has 18 atom stereocenters. The Hall–Kier alpha value is -1.50. The number of aliphatic hydroxyl groups excluding tert-OH is 3. The molecule has 18 unspecified atom stereocenters. The summed E-state index contributed by atoms with van der Waals surface area (Å²) >= 11 is 0. The second-order valence-electron chi connectivity index (χ2n) is 16.6. The lowest BCUT2D eigenvalue weighted by atomic mass is 9.77. The summed E-state index contributed by atoms with van der Waals surface area (Å²) in [5, 5.41) is 60.3. The minimum atomic E-state index is -1.97. The van der Waals surface area contributed by atoms with Gasteiger partial charge in [-0.05, 0) is 81.8 Å². The van der Waals surface area contributed by atoms with Crippen LogP contribution in [-0.4, -0.2) is 154 Å². The van der Waals surface area contributed by atoms with Crippen molar-refractivity contribution >= 4 is 11.9 Å². The van der Waals surface area contributed by atoms with E-state index in [2.05, 4.69) is 5.32 Å². The molecule has 3 rings (SSSR count). The van der Waals surface area contributed by atoms with Gasteiger partial charge in [-0.2, -0.15) is 0 Å². The molecule has 3 fully saturated rings. The van der Waals surface area contributed by atoms with E-state index in [0.717, 1.165) is 0 Å². The number of amides is 1. The zero-order valence-electron chi connectivity index (χ0n) is 33.4. The molecule has 15 heteroatoms. The van der Waals surface area contributed by atoms with Crippen LogP contribution in [0.5, 0.6) is 0 Å². The van der Waals surface area contributed by atoms with Crippen LogP contribution in [-0.2, 0) is 38.0 Å². The second kappa shape index (κ2) is 17.5. The molecule has 0 aromatic carbocycles. The molecule has 0 aromatic heterocycles. The van der Waals surface area contributed by atoms with Crippen LogP contribution in [0.1, 0.15) is 94.9 Å². The van der Waals surface area contributed by atoms with E-state index in [4.69, 9.17) is 28.4 Å². The number of hydrogen-bond donors (Lipinski definition) is 6. The Kier molecular flexibility index (Phi) is 15.1. The summed E-state index contributed by atoms with van der Waals surface area (Å²) in [5.74, 6) is -4.03. The van der Waals surface area contributed by atoms with Crippen molar-refractivity contribution in [3.8, 4) is 0 Å². The third-order valence-corrected chi connectivity index (χ3v) is 11.7. The highest BCUT2D eigenvalue weighted by Gasteiger charge is 2.52. The smallest absolute Gasteiger partial charge is 0.311 e. The van der Waals surface area contributed by atoms with Gasteiger partial charge in [0.05, 0.1) is 47.6 Å². The van der Waals surface area contributed by atoms with Crippen LogP contribution in [0.3, 0.4) is 0 Å². The molecule has 0 aliphatic carbocycles. The summed E-state index contributed by atoms with van der Waals surface area (Å²) in [4.78, 5) is 29.5. The SMILES string of the molecule is CCC1OC(=O)C(C)C(OC2CC(C)(OC)C(O)C(C)O2)C(C)C(OC2OC(C)CC(N(C)C)C2O)C(C)(O)CC(C)C(=O)NC(C)C(O)C1(C)O. The summed E-state index contributed by atoms with van der Waals surface area (Å²) in [6, 6.07) is -1.29. The number of methoxy groups -OCH3 is 1. The molecule has 0 radical (unpaired) electrons. The minimum Gasteiger partial charge on any atom is -0.459 e. The molecule has 0 bridgehead atoms. The maximum absolute atomic E-state index is 14.1. The first kappa shape index (κ1) is 44.9. The summed E-state index contributed by atoms with van der Waals surface area (Å²) < 4.78 is 37.1. The van der Waals surface area contributed by atoms with E-state index in [1.54, 1.807) is 41.5 Å². The van der Waals surface area contributed by atoms with Crippen LogP contribution >= 0.6 is 0 Å². The number of nitrogens with zero attached hydrogens (tertiary/aromatic N) is 1. The molecule has 0 saturated carbocycles. The van der Waals surface area contributed by atoms with Crippen LogP contribution in [0.15, 0.2) is 0 Å². The number of carbonyl (C=O) groups excluding carboxylic acids is 2. The highest BCUT2D eigenvalue weighted by molar-refractivity contribution is 5.78. The maximum atomic E-state index is 14.1. The van der Waals surface area contributed by atoms with Crippen LogP contribution in [0.25, 0.3) is 0 Å². The number of ether oxygens (including phenoxy) is 6. The third kappa shape index (κ3) is 9.83. The molecule has 6 N–H and O–H groups in total. The maximum Gasteiger partial charge on any atom is 0.311 e. The summed E-state index contributed by atoms with van der Waals surface area (Å²) in [5.41, 5.74) is -4.82. The summed E-state index contributed by atoms with van der Waals surface area (Å²) in [7, 11) is 5.17. The molecular weight excluding hydrogens is 680 g/mol. The van der Waals surface area contributed by atoms with Crippen molar-refractivity contribution in [3.63, 3.8) is 0 Å². The minimum absolute atomic E-state index is 0.0853. The Labute approximate surface area is 309 Å². The van der Waals surface area contributed by atoms with Crippen molar-refractivity contribution in [3.05, 3.63) is 0 Å². The van der Waals surface area contributed by atoms with Gasteiger partial charge >= 0.3 is 5.97 Å². The second-order valence-corrected chi connectivity index (χ2v) is 16.6. The van der Waals surface area contributed by atoms with E-state index >= 15 is 0 Å². The largest absolute Gasteiger partial charge is 0.459 e. The fraction of sp³-hybridized carbons (Fsp3) is 0.946. The van der Waals surface area contributed by atoms with Gasteiger partial charge in [0.1, 0.15) is 30.0 Å². The first-order chi connectivity index (χ1) is 23.9. The highest BCUT2D eigenvalue weighted by Crippen LogP contribution is 2.40. The number of nitrogens with one attached hydrogen (secondary N) is 1. The molecule has 52 heavy (non-hydrogen) atoms. The number of hydrogen-bond acceptors (Lipinski definition) is 14. The molecule has 304 valence electrons. The van der Waals surface area contributed by atoms with Gasteiger partial charge in [0, 0.05) is 31.4 Å². The number of cyclic esters (lactones) is 1. The molecule has 1 amide bonds. The number of aliphatic hydroxyl groups is 5. The average Bonchev–Trinajstić information content (AvgIpc) is 3.06. The van der Waals surface area contributed by atoms with Gasteiger partial charge in [-0.15, -0.1) is 0 Å². The number of carbonyl (C=O) groups is 2. The van der Waals surface area contributed by atoms with Gasteiger partial charge in [0.25, 0.3) is 0 Å². The normalized spacial score (nSPS) is 49.1. The van der Waals surface area contributed by atoms with Gasteiger partial charge in [-0.3, -0.25) is 9.59 Å². The quantitative estimate of drug-likeness (QED) is 0.202. The number of likely N-dealkylation sites (N-methyl/N-ethyl adjacent to an activating group) is 1. The van der Waals surface area contributed by atoms with Crippen molar-refractivity contribution in [1.29, 1.82) is 0 Å². The Bertz CT molecular complexity index is 1190. The Balaban J connectivity index is 2.18. The van der Waals surface area contributed by atoms with Crippen LogP contribution in [0.4, 0.5) is 0 Å². The van der Waals surface area contributed by atoms with Gasteiger partial charge in [-0.1, -0.05) is 20.8 Å². The standard InChI is InChI=1S/C37H68N2O13/c1-14-25-37(10,46)29(41)22(6)38-32(43)18(2)16-35(8,45)31(52-34-27(40)24(39(11)12)15-19(3)48-34)20(4)28(21(5)33(44)50-25)51-26-17-36(9,47-13)30(42)23(7)49-26/h18-31,34,40-42,45-46H,14-17H2,1-13H3,(H,38,43). The van der Waals surface area contributed by atoms with E-state index < -0.39 is 108 Å². The fourth-order valence-electron chi connectivity index (χ4n) is 8.24. The highest BCUT2D eigenvalue weighted by atomic mass is 16.7. The first-order valence-electron chi connectivity index (χ1n) is 18.7. The molecule has 3 heterocycles. The van der Waals surface area contributed by atoms with Crippen molar-refractivity contribution in [2.24, 2.45) is 17.8 Å². The van der Waals surface area contributed by atoms with E-state index in [1.165, 1.54) is 27.9 Å². The van der Waals surface area contributed by atoms with E-state index in [-0.39, 0.29) is 31.4 Å². The number of esters is 1. The first-order valence-corrected chi connectivity index (χ1v) is 18.7. The van der Waals surface area contributed by atoms with Crippen molar-refractivity contribution in [2.45, 2.75) is 185 Å². The fourth-order valence-corrected chi connectivity index (χ4v) is 8.24. The Morgan fingerprint density at radius 3 is 2.10 bits per heavy atom. The van der Waals surface area contributed by atoms with Crippen molar-refractivity contribution in [1.82, 2.24) is 10.2 Å². The lowest BCUT2D eigenvalue weighted by Crippen LogP contribution is -2.60. The predicted octanol–water partition coefficient (Wildman–Crippen LogP) is 1.09. The Morgan fingerprint density at radius 1 is 0.923 bits per heavy atom. The summed E-state index contributed by atoms with van der Waals surface area (Å²) in [6.07, 6.45) is -9.73. The molecule has 0 spiro atoms. The third-order valence-electron chi connectivity index (χ3n) is 11.7. The van der Waals surface area contributed by atoms with Gasteiger partial charge in [0.15, 0.2) is 12.6 Å². The number of rotatable bonds is 7. The molecule has 3 aliphatic heterocycles. The van der Waals surface area contributed by atoms with Crippen molar-refractivity contribution in [2.75, 3.05) is 21.2 Å². The summed E-state index contributed by atoms with van der Waals surface area (Å²) in [6.45, 7) is 16.3. The van der Waals surface area contributed by atoms with Crippen LogP contribution in [0.2, 0.25) is 0 Å². The molecular formula is C37H68N2O13. The molecule has 3 saturated heterocycles. The molecule has 0 aromatic rings. The average molecular weight is 749 g/mol. The van der Waals surface area contributed by atoms with E-state index in [9.17, 15) is 35.1 Å². The van der Waals surface area contributed by atoms with Gasteiger partial charge < -0.3 is 64.2 Å². The van der Waals surface area contributed by atoms with Crippen molar-refractivity contribution < 1.29 is 63.5 Å². The molecule has 3 aliphatic rings. The van der Waals surface area contributed by atoms with E-state index in [1.807, 2.05) is 25.9 Å². The van der Waals surface area contributed by atoms with E-state index in [0.29, 0.717) is 6.42 Å². The topological polar surface area (TPSA) is 206 Å². The predicted molar refractivity (Wildman–Crippen MR) is 190 cm³/mol. The van der Waals surface area contributed by atoms with Crippen LogP contribution < -0.4 is 5.32 Å². The zero-order chi connectivity index (χ0) is 39.7. The molecule has 15 nitrogen and oxygen atoms in total. The van der Waals surface area contributed by atoms with Gasteiger partial charge in [0.2, 0.25) is 5.91 Å². The zero-order valence-corrected chi connectivity index (χ0v) is 33.4.